The highest BCUT2D eigenvalue weighted by Gasteiger charge is 2.47. The van der Waals surface area contributed by atoms with E-state index in [9.17, 15) is 23.6 Å². The molecule has 2 aromatic carbocycles. The van der Waals surface area contributed by atoms with Gasteiger partial charge in [0.2, 0.25) is 11.8 Å². The van der Waals surface area contributed by atoms with Gasteiger partial charge in [-0.1, -0.05) is 18.2 Å². The van der Waals surface area contributed by atoms with Crippen LogP contribution in [0.3, 0.4) is 0 Å². The quantitative estimate of drug-likeness (QED) is 0.697. The normalized spacial score (nSPS) is 19.5. The van der Waals surface area contributed by atoms with Gasteiger partial charge >= 0.3 is 5.92 Å². The highest BCUT2D eigenvalue weighted by molar-refractivity contribution is 5.94. The number of hydrogen-bond acceptors (Lipinski definition) is 5. The number of nitriles is 1. The summed E-state index contributed by atoms with van der Waals surface area (Å²) in [5.74, 6) is -4.00. The molecule has 1 aliphatic heterocycles. The van der Waals surface area contributed by atoms with Gasteiger partial charge < -0.3 is 20.1 Å². The number of hydrogen-bond donors (Lipinski definition) is 2. The molecule has 172 valence electrons. The van der Waals surface area contributed by atoms with Gasteiger partial charge in [-0.05, 0) is 48.2 Å². The maximum atomic E-state index is 14.6. The lowest BCUT2D eigenvalue weighted by molar-refractivity contribution is -0.161. The van der Waals surface area contributed by atoms with Crippen LogP contribution < -0.4 is 10.1 Å². The van der Waals surface area contributed by atoms with Crippen molar-refractivity contribution in [3.63, 3.8) is 0 Å². The average Bonchev–Trinajstić information content (AvgIpc) is 3.65. The molecule has 7 nitrogen and oxygen atoms in total. The predicted molar refractivity (Wildman–Crippen MR) is 116 cm³/mol. The molecule has 1 heterocycles. The van der Waals surface area contributed by atoms with Crippen molar-refractivity contribution in [1.29, 1.82) is 5.26 Å². The van der Waals surface area contributed by atoms with E-state index in [1.165, 1.54) is 6.07 Å². The van der Waals surface area contributed by atoms with Crippen molar-refractivity contribution in [3.05, 3.63) is 48.0 Å². The van der Waals surface area contributed by atoms with E-state index >= 15 is 0 Å². The van der Waals surface area contributed by atoms with Crippen LogP contribution in [-0.2, 0) is 9.59 Å². The van der Waals surface area contributed by atoms with Gasteiger partial charge in [0.1, 0.15) is 18.4 Å². The molecule has 2 fully saturated rings. The lowest BCUT2D eigenvalue weighted by atomic mass is 10.0. The van der Waals surface area contributed by atoms with Crippen molar-refractivity contribution in [2.75, 3.05) is 25.0 Å². The first-order valence-electron chi connectivity index (χ1n) is 10.7. The van der Waals surface area contributed by atoms with Gasteiger partial charge in [-0.3, -0.25) is 9.59 Å². The molecule has 0 aromatic heterocycles. The molecule has 2 N–H and O–H groups in total. The molecule has 0 spiro atoms. The molecule has 4 rings (SSSR count). The molecule has 0 unspecified atom stereocenters. The monoisotopic (exact) mass is 455 g/mol. The van der Waals surface area contributed by atoms with Gasteiger partial charge in [-0.25, -0.2) is 8.78 Å². The topological polar surface area (TPSA) is 103 Å². The molecule has 1 atom stereocenters. The van der Waals surface area contributed by atoms with E-state index in [4.69, 9.17) is 9.84 Å². The Bertz CT molecular complexity index is 1110. The van der Waals surface area contributed by atoms with Crippen LogP contribution in [0, 0.1) is 17.2 Å². The van der Waals surface area contributed by atoms with Crippen LogP contribution in [0.4, 0.5) is 14.5 Å². The number of carbonyl (C=O) groups excluding carboxylic acids is 2. The Kier molecular flexibility index (Phi) is 6.29. The number of aliphatic hydroxyl groups excluding tert-OH is 1. The number of rotatable bonds is 6. The van der Waals surface area contributed by atoms with Crippen LogP contribution in [-0.4, -0.2) is 53.5 Å². The molecule has 1 saturated carbocycles. The fourth-order valence-electron chi connectivity index (χ4n) is 3.80. The molecule has 0 bridgehead atoms. The zero-order chi connectivity index (χ0) is 23.6. The zero-order valence-electron chi connectivity index (χ0n) is 17.8. The number of anilines is 1. The SMILES string of the molecule is N#Cc1cc(-c2cccc(NC(=O)C3CC3)c2)ccc1O[C@H]1CCN(C(=O)CO)CC1(F)F. The lowest BCUT2D eigenvalue weighted by Gasteiger charge is -2.38. The van der Waals surface area contributed by atoms with E-state index in [0.717, 1.165) is 23.3 Å². The largest absolute Gasteiger partial charge is 0.483 e. The highest BCUT2D eigenvalue weighted by Crippen LogP contribution is 2.35. The van der Waals surface area contributed by atoms with E-state index in [2.05, 4.69) is 5.32 Å². The molecular formula is C24H23F2N3O4. The number of piperidine rings is 1. The van der Waals surface area contributed by atoms with Crippen LogP contribution in [0.5, 0.6) is 5.75 Å². The molecule has 9 heteroatoms. The van der Waals surface area contributed by atoms with E-state index < -0.39 is 31.1 Å². The number of carbonyl (C=O) groups is 2. The number of amides is 2. The number of nitrogens with one attached hydrogen (secondary N) is 1. The summed E-state index contributed by atoms with van der Waals surface area (Å²) in [5, 5.41) is 21.4. The smallest absolute Gasteiger partial charge is 0.301 e. The molecule has 0 radical (unpaired) electrons. The maximum Gasteiger partial charge on any atom is 0.301 e. The molecular weight excluding hydrogens is 432 g/mol. The summed E-state index contributed by atoms with van der Waals surface area (Å²) in [6, 6.07) is 13.9. The lowest BCUT2D eigenvalue weighted by Crippen LogP contribution is -2.55. The second kappa shape index (κ2) is 9.16. The summed E-state index contributed by atoms with van der Waals surface area (Å²) in [7, 11) is 0. The van der Waals surface area contributed by atoms with Crippen molar-refractivity contribution in [2.45, 2.75) is 31.3 Å². The molecule has 1 saturated heterocycles. The van der Waals surface area contributed by atoms with E-state index in [1.54, 1.807) is 30.3 Å². The molecule has 2 amide bonds. The van der Waals surface area contributed by atoms with Gasteiger partial charge in [-0.2, -0.15) is 5.26 Å². The summed E-state index contributed by atoms with van der Waals surface area (Å²) in [6.45, 7) is -1.65. The van der Waals surface area contributed by atoms with E-state index in [1.807, 2.05) is 12.1 Å². The third-order valence-corrected chi connectivity index (χ3v) is 5.80. The number of nitrogens with zero attached hydrogens (tertiary/aromatic N) is 2. The highest BCUT2D eigenvalue weighted by atomic mass is 19.3. The number of alkyl halides is 2. The minimum atomic E-state index is -3.33. The standard InChI is InChI=1S/C24H23F2N3O4/c25-24(26)14-29(22(31)13-30)9-8-21(24)33-20-7-6-17(10-18(20)12-27)16-2-1-3-19(11-16)28-23(32)15-4-5-15/h1-3,6-7,10-11,15,21,30H,4-5,8-9,13-14H2,(H,28,32)/t21-/m0/s1. The number of benzene rings is 2. The molecule has 1 aliphatic carbocycles. The van der Waals surface area contributed by atoms with Gasteiger partial charge in [-0.15, -0.1) is 0 Å². The third-order valence-electron chi connectivity index (χ3n) is 5.80. The Labute approximate surface area is 189 Å². The first kappa shape index (κ1) is 22.7. The second-order valence-corrected chi connectivity index (χ2v) is 8.30. The Balaban J connectivity index is 1.50. The first-order valence-corrected chi connectivity index (χ1v) is 10.7. The maximum absolute atomic E-state index is 14.6. The Hall–Kier alpha value is -3.51. The summed E-state index contributed by atoms with van der Waals surface area (Å²) in [4.78, 5) is 24.5. The Morgan fingerprint density at radius 3 is 2.61 bits per heavy atom. The van der Waals surface area contributed by atoms with Crippen LogP contribution in [0.15, 0.2) is 42.5 Å². The molecule has 2 aromatic rings. The average molecular weight is 455 g/mol. The molecule has 33 heavy (non-hydrogen) atoms. The van der Waals surface area contributed by atoms with Crippen LogP contribution in [0.2, 0.25) is 0 Å². The van der Waals surface area contributed by atoms with Gasteiger partial charge in [0.15, 0.2) is 6.10 Å². The van der Waals surface area contributed by atoms with Crippen LogP contribution in [0.25, 0.3) is 11.1 Å². The number of ether oxygens (including phenoxy) is 1. The summed E-state index contributed by atoms with van der Waals surface area (Å²) in [5.41, 5.74) is 2.18. The fourth-order valence-corrected chi connectivity index (χ4v) is 3.80. The third kappa shape index (κ3) is 5.12. The summed E-state index contributed by atoms with van der Waals surface area (Å²) >= 11 is 0. The predicted octanol–water partition coefficient (Wildman–Crippen LogP) is 3.18. The van der Waals surface area contributed by atoms with Gasteiger partial charge in [0, 0.05) is 24.6 Å². The van der Waals surface area contributed by atoms with Gasteiger partial charge in [0.25, 0.3) is 0 Å². The van der Waals surface area contributed by atoms with E-state index in [0.29, 0.717) is 11.3 Å². The summed E-state index contributed by atoms with van der Waals surface area (Å²) in [6.07, 6.45) is 0.163. The minimum Gasteiger partial charge on any atom is -0.483 e. The van der Waals surface area contributed by atoms with Crippen molar-refractivity contribution in [3.8, 4) is 22.9 Å². The Morgan fingerprint density at radius 2 is 1.94 bits per heavy atom. The van der Waals surface area contributed by atoms with Gasteiger partial charge in [0.05, 0.1) is 12.1 Å². The van der Waals surface area contributed by atoms with Crippen molar-refractivity contribution in [1.82, 2.24) is 4.90 Å². The molecule has 2 aliphatic rings. The minimum absolute atomic E-state index is 0.0127. The van der Waals surface area contributed by atoms with Crippen molar-refractivity contribution in [2.24, 2.45) is 5.92 Å². The van der Waals surface area contributed by atoms with Crippen molar-refractivity contribution >= 4 is 17.5 Å². The van der Waals surface area contributed by atoms with Crippen molar-refractivity contribution < 1.29 is 28.2 Å². The number of aliphatic hydroxyl groups is 1. The number of likely N-dealkylation sites (tertiary alicyclic amines) is 1. The first-order chi connectivity index (χ1) is 15.8. The summed E-state index contributed by atoms with van der Waals surface area (Å²) < 4.78 is 34.7. The van der Waals surface area contributed by atoms with Crippen LogP contribution in [0.1, 0.15) is 24.8 Å². The zero-order valence-corrected chi connectivity index (χ0v) is 17.8. The fraction of sp³-hybridized carbons (Fsp3) is 0.375. The second-order valence-electron chi connectivity index (χ2n) is 8.30. The van der Waals surface area contributed by atoms with E-state index in [-0.39, 0.29) is 36.1 Å². The number of halogens is 2. The Morgan fingerprint density at radius 1 is 1.18 bits per heavy atom. The van der Waals surface area contributed by atoms with Crippen LogP contribution >= 0.6 is 0 Å².